The Labute approximate surface area is 196 Å². The molecule has 0 aromatic heterocycles. The number of rotatable bonds is 7. The van der Waals surface area contributed by atoms with Gasteiger partial charge in [-0.1, -0.05) is 29.8 Å². The fourth-order valence-electron chi connectivity index (χ4n) is 3.21. The molecule has 1 aliphatic rings. The molecule has 0 radical (unpaired) electrons. The van der Waals surface area contributed by atoms with E-state index in [4.69, 9.17) is 22.2 Å². The highest BCUT2D eigenvalue weighted by Gasteiger charge is 2.44. The van der Waals surface area contributed by atoms with Crippen molar-refractivity contribution in [1.29, 1.82) is 0 Å². The van der Waals surface area contributed by atoms with E-state index in [-0.39, 0.29) is 11.3 Å². The molecule has 0 saturated carbocycles. The van der Waals surface area contributed by atoms with Crippen LogP contribution in [0.1, 0.15) is 11.1 Å². The summed E-state index contributed by atoms with van der Waals surface area (Å²) in [6.07, 6.45) is -2.79. The topological polar surface area (TPSA) is 121 Å². The first-order chi connectivity index (χ1) is 15.8. The van der Waals surface area contributed by atoms with Crippen molar-refractivity contribution >= 4 is 35.3 Å². The van der Waals surface area contributed by atoms with E-state index in [9.17, 15) is 28.5 Å². The van der Waals surface area contributed by atoms with Crippen LogP contribution in [0.15, 0.2) is 46.5 Å². The first-order valence-electron chi connectivity index (χ1n) is 9.70. The molecule has 7 nitrogen and oxygen atoms in total. The summed E-state index contributed by atoms with van der Waals surface area (Å²) in [5.74, 6) is 1.13. The monoisotopic (exact) mass is 503 g/mol. The second-order valence-electron chi connectivity index (χ2n) is 7.15. The predicted octanol–water partition coefficient (Wildman–Crippen LogP) is 2.23. The molecule has 5 N–H and O–H groups in total. The molecule has 1 aliphatic heterocycles. The number of aliphatic hydroxyl groups excluding tert-OH is 3. The van der Waals surface area contributed by atoms with Crippen LogP contribution in [-0.2, 0) is 10.5 Å². The average Bonchev–Trinajstić information content (AvgIpc) is 2.80. The average molecular weight is 504 g/mol. The summed E-state index contributed by atoms with van der Waals surface area (Å²) in [6, 6.07) is 7.30. The third-order valence-corrected chi connectivity index (χ3v) is 6.56. The summed E-state index contributed by atoms with van der Waals surface area (Å²) in [5.41, 5.74) is -0.510. The lowest BCUT2D eigenvalue weighted by molar-refractivity contribution is -0.159. The van der Waals surface area contributed by atoms with E-state index in [1.54, 1.807) is 12.1 Å². The maximum absolute atomic E-state index is 13.6. The van der Waals surface area contributed by atoms with Gasteiger partial charge < -0.3 is 25.9 Å². The summed E-state index contributed by atoms with van der Waals surface area (Å²) in [5, 5.41) is 34.8. The van der Waals surface area contributed by atoms with Crippen LogP contribution >= 0.6 is 23.4 Å². The van der Waals surface area contributed by atoms with Gasteiger partial charge in [0, 0.05) is 22.6 Å². The molecule has 3 unspecified atom stereocenters. The van der Waals surface area contributed by atoms with E-state index < -0.39 is 53.8 Å². The van der Waals surface area contributed by atoms with E-state index in [1.165, 1.54) is 11.8 Å². The molecule has 0 spiro atoms. The summed E-state index contributed by atoms with van der Waals surface area (Å²) in [4.78, 5) is 4.09. The standard InChI is InChI=1S/C21H21ClF3N3O4S/c22-12-4-2-1-3-10(12)9-33-21-20(31)18(19(30)16(8-29)32-21)27-7-15(28-26)11-5-13(23)17(25)14(24)6-11/h1-7,16,18-21,29-31H,8-9,26H2/t16?,18?,19-,20?,21+/m0/s1. The second kappa shape index (κ2) is 11.3. The molecule has 0 bridgehead atoms. The Morgan fingerprint density at radius 3 is 2.42 bits per heavy atom. The van der Waals surface area contributed by atoms with Crippen LogP contribution in [0.2, 0.25) is 5.02 Å². The van der Waals surface area contributed by atoms with Gasteiger partial charge >= 0.3 is 0 Å². The smallest absolute Gasteiger partial charge is 0.194 e. The number of hydrazone groups is 1. The SMILES string of the molecule is NN=C(C=NC1C(O)[C@@H](SCc2ccccc2Cl)OC(CO)[C@@H]1O)c1cc(F)c(F)c(F)c1. The van der Waals surface area contributed by atoms with Crippen molar-refractivity contribution in [3.63, 3.8) is 0 Å². The van der Waals surface area contributed by atoms with Crippen molar-refractivity contribution in [3.05, 3.63) is 70.0 Å². The fourth-order valence-corrected chi connectivity index (χ4v) is 4.67. The number of nitrogens with zero attached hydrogens (tertiary/aromatic N) is 2. The van der Waals surface area contributed by atoms with Crippen LogP contribution in [0.3, 0.4) is 0 Å². The first-order valence-corrected chi connectivity index (χ1v) is 11.1. The van der Waals surface area contributed by atoms with Gasteiger partial charge in [-0.2, -0.15) is 5.10 Å². The lowest BCUT2D eigenvalue weighted by Gasteiger charge is -2.40. The highest BCUT2D eigenvalue weighted by atomic mass is 35.5. The minimum absolute atomic E-state index is 0.197. The normalized spacial score (nSPS) is 26.2. The lowest BCUT2D eigenvalue weighted by atomic mass is 9.98. The van der Waals surface area contributed by atoms with Crippen molar-refractivity contribution in [1.82, 2.24) is 0 Å². The number of aliphatic imine (C=N–C) groups is 1. The number of hydrogen-bond donors (Lipinski definition) is 4. The number of halogens is 4. The highest BCUT2D eigenvalue weighted by molar-refractivity contribution is 7.99. The zero-order chi connectivity index (χ0) is 24.1. The van der Waals surface area contributed by atoms with Crippen LogP contribution in [0.4, 0.5) is 13.2 Å². The van der Waals surface area contributed by atoms with Crippen molar-refractivity contribution in [3.8, 4) is 0 Å². The van der Waals surface area contributed by atoms with Gasteiger partial charge in [-0.3, -0.25) is 4.99 Å². The van der Waals surface area contributed by atoms with E-state index in [0.717, 1.165) is 11.8 Å². The van der Waals surface area contributed by atoms with E-state index in [0.29, 0.717) is 22.9 Å². The zero-order valence-corrected chi connectivity index (χ0v) is 18.6. The van der Waals surface area contributed by atoms with Gasteiger partial charge in [0.2, 0.25) is 0 Å². The second-order valence-corrected chi connectivity index (χ2v) is 8.64. The van der Waals surface area contributed by atoms with Crippen molar-refractivity contribution in [2.45, 2.75) is 35.5 Å². The molecule has 1 saturated heterocycles. The Bertz CT molecular complexity index is 1020. The molecule has 0 amide bonds. The van der Waals surface area contributed by atoms with Crippen LogP contribution in [0.25, 0.3) is 0 Å². The molecular weight excluding hydrogens is 483 g/mol. The summed E-state index contributed by atoms with van der Waals surface area (Å²) in [7, 11) is 0. The third kappa shape index (κ3) is 5.86. The summed E-state index contributed by atoms with van der Waals surface area (Å²) in [6.45, 7) is -0.546. The largest absolute Gasteiger partial charge is 0.394 e. The molecule has 5 atom stereocenters. The van der Waals surface area contributed by atoms with Gasteiger partial charge in [0.1, 0.15) is 35.5 Å². The number of aliphatic hydroxyl groups is 3. The number of thioether (sulfide) groups is 1. The van der Waals surface area contributed by atoms with E-state index >= 15 is 0 Å². The minimum Gasteiger partial charge on any atom is -0.394 e. The predicted molar refractivity (Wildman–Crippen MR) is 120 cm³/mol. The molecule has 3 rings (SSSR count). The first kappa shape index (κ1) is 25.5. The Kier molecular flexibility index (Phi) is 8.74. The van der Waals surface area contributed by atoms with Crippen molar-refractivity contribution < 1.29 is 33.2 Å². The Morgan fingerprint density at radius 2 is 1.82 bits per heavy atom. The molecular formula is C21H21ClF3N3O4S. The molecule has 178 valence electrons. The lowest BCUT2D eigenvalue weighted by Crippen LogP contribution is -2.57. The van der Waals surface area contributed by atoms with Gasteiger partial charge in [-0.05, 0) is 23.8 Å². The molecule has 12 heteroatoms. The molecule has 2 aromatic rings. The van der Waals surface area contributed by atoms with Crippen LogP contribution in [0, 0.1) is 17.5 Å². The summed E-state index contributed by atoms with van der Waals surface area (Å²) < 4.78 is 46.0. The van der Waals surface area contributed by atoms with Gasteiger partial charge in [-0.15, -0.1) is 11.8 Å². The summed E-state index contributed by atoms with van der Waals surface area (Å²) >= 11 is 7.35. The number of nitrogens with two attached hydrogens (primary N) is 1. The number of hydrogen-bond acceptors (Lipinski definition) is 8. The molecule has 1 fully saturated rings. The Balaban J connectivity index is 1.80. The van der Waals surface area contributed by atoms with Crippen molar-refractivity contribution in [2.75, 3.05) is 6.61 Å². The van der Waals surface area contributed by atoms with Gasteiger partial charge in [0.15, 0.2) is 17.5 Å². The fraction of sp³-hybridized carbons (Fsp3) is 0.333. The quantitative estimate of drug-likeness (QED) is 0.199. The molecule has 0 aliphatic carbocycles. The van der Waals surface area contributed by atoms with Gasteiger partial charge in [-0.25, -0.2) is 13.2 Å². The van der Waals surface area contributed by atoms with Crippen molar-refractivity contribution in [2.24, 2.45) is 15.9 Å². The number of benzene rings is 2. The molecule has 33 heavy (non-hydrogen) atoms. The minimum atomic E-state index is -1.65. The van der Waals surface area contributed by atoms with Crippen LogP contribution < -0.4 is 5.84 Å². The van der Waals surface area contributed by atoms with E-state index in [2.05, 4.69) is 10.1 Å². The van der Waals surface area contributed by atoms with Gasteiger partial charge in [0.25, 0.3) is 0 Å². The Hall–Kier alpha value is -2.15. The highest BCUT2D eigenvalue weighted by Crippen LogP contribution is 2.33. The van der Waals surface area contributed by atoms with E-state index in [1.807, 2.05) is 12.1 Å². The van der Waals surface area contributed by atoms with Gasteiger partial charge in [0.05, 0.1) is 6.61 Å². The maximum atomic E-state index is 13.6. The maximum Gasteiger partial charge on any atom is 0.194 e. The number of ether oxygens (including phenoxy) is 1. The van der Waals surface area contributed by atoms with Crippen LogP contribution in [-0.4, -0.2) is 63.6 Å². The molecule has 2 aromatic carbocycles. The van der Waals surface area contributed by atoms with Crippen LogP contribution in [0.5, 0.6) is 0 Å². The molecule has 1 heterocycles. The third-order valence-electron chi connectivity index (χ3n) is 5.00. The Morgan fingerprint density at radius 1 is 1.15 bits per heavy atom. The zero-order valence-electron chi connectivity index (χ0n) is 17.0.